The van der Waals surface area contributed by atoms with Crippen LogP contribution < -0.4 is 5.48 Å². The zero-order valence-electron chi connectivity index (χ0n) is 7.79. The molecule has 68 valence electrons. The quantitative estimate of drug-likeness (QED) is 0.534. The molecule has 0 saturated heterocycles. The highest BCUT2D eigenvalue weighted by Gasteiger charge is 1.99. The molecule has 1 aromatic rings. The molecule has 0 radical (unpaired) electrons. The summed E-state index contributed by atoms with van der Waals surface area (Å²) in [6, 6.07) is 2.03. The molecule has 0 fully saturated rings. The van der Waals surface area contributed by atoms with Crippen LogP contribution in [0.1, 0.15) is 18.3 Å². The molecule has 0 aliphatic rings. The van der Waals surface area contributed by atoms with Gasteiger partial charge in [0.25, 0.3) is 0 Å². The van der Waals surface area contributed by atoms with Crippen LogP contribution in [0, 0.1) is 6.92 Å². The summed E-state index contributed by atoms with van der Waals surface area (Å²) < 4.78 is 1.85. The Morgan fingerprint density at radius 1 is 1.67 bits per heavy atom. The molecule has 0 atom stereocenters. The lowest BCUT2D eigenvalue weighted by molar-refractivity contribution is 0.0449. The topological polar surface area (TPSA) is 39.1 Å². The average molecular weight is 169 g/mol. The number of nitrogens with one attached hydrogen (secondary N) is 1. The minimum absolute atomic E-state index is 0.677. The number of aromatic nitrogens is 2. The summed E-state index contributed by atoms with van der Waals surface area (Å²) in [5, 5.41) is 4.21. The van der Waals surface area contributed by atoms with Crippen LogP contribution in [-0.2, 0) is 18.4 Å². The Balaban J connectivity index is 2.45. The fraction of sp³-hybridized carbons (Fsp3) is 0.625. The zero-order valence-corrected chi connectivity index (χ0v) is 7.79. The summed E-state index contributed by atoms with van der Waals surface area (Å²) in [6.07, 6.45) is 0. The summed E-state index contributed by atoms with van der Waals surface area (Å²) in [4.78, 5) is 5.01. The first-order valence-electron chi connectivity index (χ1n) is 4.08. The van der Waals surface area contributed by atoms with Gasteiger partial charge in [0.1, 0.15) is 0 Å². The smallest absolute Gasteiger partial charge is 0.0654 e. The number of nitrogens with zero attached hydrogens (tertiary/aromatic N) is 2. The highest BCUT2D eigenvalue weighted by molar-refractivity contribution is 5.07. The van der Waals surface area contributed by atoms with E-state index in [1.165, 1.54) is 0 Å². The number of hydrogen-bond acceptors (Lipinski definition) is 3. The molecule has 0 aliphatic carbocycles. The van der Waals surface area contributed by atoms with Crippen molar-refractivity contribution in [2.24, 2.45) is 7.05 Å². The molecule has 0 aromatic carbocycles. The van der Waals surface area contributed by atoms with Gasteiger partial charge in [-0.2, -0.15) is 10.6 Å². The van der Waals surface area contributed by atoms with E-state index in [1.807, 2.05) is 31.6 Å². The van der Waals surface area contributed by atoms with Gasteiger partial charge in [0.2, 0.25) is 0 Å². The number of hydroxylamine groups is 1. The van der Waals surface area contributed by atoms with E-state index in [0.29, 0.717) is 13.2 Å². The first-order chi connectivity index (χ1) is 5.74. The molecule has 0 amide bonds. The Morgan fingerprint density at radius 2 is 2.42 bits per heavy atom. The van der Waals surface area contributed by atoms with Crippen LogP contribution in [0.15, 0.2) is 6.07 Å². The normalized spacial score (nSPS) is 10.6. The highest BCUT2D eigenvalue weighted by Crippen LogP contribution is 2.00. The molecule has 0 bridgehead atoms. The molecule has 12 heavy (non-hydrogen) atoms. The van der Waals surface area contributed by atoms with E-state index in [4.69, 9.17) is 4.84 Å². The first-order valence-corrected chi connectivity index (χ1v) is 4.08. The third kappa shape index (κ3) is 2.32. The van der Waals surface area contributed by atoms with Crippen LogP contribution in [0.4, 0.5) is 0 Å². The summed E-state index contributed by atoms with van der Waals surface area (Å²) in [6.45, 7) is 5.30. The molecular formula is C8H15N3O. The van der Waals surface area contributed by atoms with Crippen molar-refractivity contribution in [1.29, 1.82) is 0 Å². The van der Waals surface area contributed by atoms with Crippen LogP contribution in [0.25, 0.3) is 0 Å². The number of aryl methyl sites for hydroxylation is 2. The maximum atomic E-state index is 5.01. The van der Waals surface area contributed by atoms with Crippen molar-refractivity contribution in [2.75, 3.05) is 6.61 Å². The SMILES string of the molecule is CCONCc1cc(C)nn1C. The van der Waals surface area contributed by atoms with E-state index < -0.39 is 0 Å². The Labute approximate surface area is 72.5 Å². The highest BCUT2D eigenvalue weighted by atomic mass is 16.6. The molecule has 0 unspecified atom stereocenters. The first kappa shape index (κ1) is 9.22. The minimum atomic E-state index is 0.677. The molecule has 1 heterocycles. The maximum absolute atomic E-state index is 5.01. The van der Waals surface area contributed by atoms with Crippen molar-refractivity contribution in [3.63, 3.8) is 0 Å². The van der Waals surface area contributed by atoms with Crippen molar-refractivity contribution in [3.8, 4) is 0 Å². The lowest BCUT2D eigenvalue weighted by Crippen LogP contribution is -2.15. The lowest BCUT2D eigenvalue weighted by Gasteiger charge is -2.02. The standard InChI is InChI=1S/C8H15N3O/c1-4-12-9-6-8-5-7(2)10-11(8)3/h5,9H,4,6H2,1-3H3. The number of hydrogen-bond donors (Lipinski definition) is 1. The van der Waals surface area contributed by atoms with Crippen molar-refractivity contribution in [2.45, 2.75) is 20.4 Å². The third-order valence-corrected chi connectivity index (χ3v) is 1.60. The van der Waals surface area contributed by atoms with E-state index in [2.05, 4.69) is 10.6 Å². The van der Waals surface area contributed by atoms with Gasteiger partial charge in [-0.15, -0.1) is 0 Å². The van der Waals surface area contributed by atoms with Crippen LogP contribution in [0.5, 0.6) is 0 Å². The summed E-state index contributed by atoms with van der Waals surface area (Å²) in [5.74, 6) is 0. The van der Waals surface area contributed by atoms with Gasteiger partial charge in [-0.3, -0.25) is 4.68 Å². The zero-order chi connectivity index (χ0) is 8.97. The van der Waals surface area contributed by atoms with Crippen molar-refractivity contribution in [3.05, 3.63) is 17.5 Å². The maximum Gasteiger partial charge on any atom is 0.0654 e. The van der Waals surface area contributed by atoms with Crippen LogP contribution in [0.2, 0.25) is 0 Å². The minimum Gasteiger partial charge on any atom is -0.302 e. The Morgan fingerprint density at radius 3 is 2.92 bits per heavy atom. The summed E-state index contributed by atoms with van der Waals surface area (Å²) in [5.41, 5.74) is 5.00. The molecular weight excluding hydrogens is 154 g/mol. The summed E-state index contributed by atoms with van der Waals surface area (Å²) >= 11 is 0. The van der Waals surface area contributed by atoms with Gasteiger partial charge in [-0.05, 0) is 19.9 Å². The van der Waals surface area contributed by atoms with Gasteiger partial charge in [-0.25, -0.2) is 0 Å². The molecule has 1 N–H and O–H groups in total. The fourth-order valence-electron chi connectivity index (χ4n) is 1.06. The van der Waals surface area contributed by atoms with E-state index in [-0.39, 0.29) is 0 Å². The van der Waals surface area contributed by atoms with Crippen LogP contribution in [0.3, 0.4) is 0 Å². The van der Waals surface area contributed by atoms with Gasteiger partial charge >= 0.3 is 0 Å². The predicted molar refractivity (Wildman–Crippen MR) is 46.4 cm³/mol. The third-order valence-electron chi connectivity index (χ3n) is 1.60. The Kier molecular flexibility index (Phi) is 3.25. The fourth-order valence-corrected chi connectivity index (χ4v) is 1.06. The molecule has 1 aromatic heterocycles. The lowest BCUT2D eigenvalue weighted by atomic mass is 10.4. The second-order valence-corrected chi connectivity index (χ2v) is 2.65. The number of rotatable bonds is 4. The van der Waals surface area contributed by atoms with Gasteiger partial charge in [0.05, 0.1) is 24.5 Å². The average Bonchev–Trinajstić information content (AvgIpc) is 2.31. The van der Waals surface area contributed by atoms with Gasteiger partial charge < -0.3 is 4.84 Å². The van der Waals surface area contributed by atoms with Gasteiger partial charge in [0, 0.05) is 7.05 Å². The van der Waals surface area contributed by atoms with E-state index in [9.17, 15) is 0 Å². The van der Waals surface area contributed by atoms with Crippen LogP contribution >= 0.6 is 0 Å². The molecule has 1 rings (SSSR count). The molecule has 4 nitrogen and oxygen atoms in total. The second kappa shape index (κ2) is 4.23. The van der Waals surface area contributed by atoms with Gasteiger partial charge in [0.15, 0.2) is 0 Å². The summed E-state index contributed by atoms with van der Waals surface area (Å²) in [7, 11) is 1.93. The van der Waals surface area contributed by atoms with E-state index in [1.54, 1.807) is 0 Å². The molecule has 4 heteroatoms. The molecule has 0 spiro atoms. The van der Waals surface area contributed by atoms with Crippen molar-refractivity contribution >= 4 is 0 Å². The monoisotopic (exact) mass is 169 g/mol. The Bertz CT molecular complexity index is 244. The van der Waals surface area contributed by atoms with Crippen LogP contribution in [-0.4, -0.2) is 16.4 Å². The second-order valence-electron chi connectivity index (χ2n) is 2.65. The van der Waals surface area contributed by atoms with Gasteiger partial charge in [-0.1, -0.05) is 0 Å². The molecule has 0 aliphatic heterocycles. The van der Waals surface area contributed by atoms with E-state index >= 15 is 0 Å². The van der Waals surface area contributed by atoms with Crippen molar-refractivity contribution < 1.29 is 4.84 Å². The van der Waals surface area contributed by atoms with Crippen molar-refractivity contribution in [1.82, 2.24) is 15.3 Å². The molecule has 0 saturated carbocycles. The predicted octanol–water partition coefficient (Wildman–Crippen LogP) is 0.770. The Hall–Kier alpha value is -0.870. The largest absolute Gasteiger partial charge is 0.302 e. The van der Waals surface area contributed by atoms with E-state index in [0.717, 1.165) is 11.4 Å².